The van der Waals surface area contributed by atoms with Gasteiger partial charge in [-0.15, -0.1) is 0 Å². The van der Waals surface area contributed by atoms with Crippen LogP contribution < -0.4 is 5.43 Å². The number of hydrogen-bond donors (Lipinski definition) is 1. The Balaban J connectivity index is 1.87. The number of furan rings is 1. The molecule has 7 heteroatoms. The number of benzene rings is 1. The summed E-state index contributed by atoms with van der Waals surface area (Å²) in [7, 11) is 0. The number of pyridine rings is 1. The maximum atomic E-state index is 10.6. The zero-order valence-electron chi connectivity index (χ0n) is 12.6. The molecule has 1 N–H and O–H groups in total. The van der Waals surface area contributed by atoms with Gasteiger partial charge in [0, 0.05) is 11.1 Å². The first-order chi connectivity index (χ1) is 11.0. The fraction of sp³-hybridized carbons (Fsp3) is 0.125. The second-order valence-electron chi connectivity index (χ2n) is 5.13. The van der Waals surface area contributed by atoms with E-state index in [2.05, 4.69) is 15.5 Å². The van der Waals surface area contributed by atoms with Crippen molar-refractivity contribution < 1.29 is 9.34 Å². The van der Waals surface area contributed by atoms with E-state index in [1.165, 1.54) is 18.3 Å². The molecule has 0 radical (unpaired) electrons. The molecule has 0 saturated carbocycles. The number of aryl methyl sites for hydroxylation is 2. The third-order valence-corrected chi connectivity index (χ3v) is 3.26. The fourth-order valence-electron chi connectivity index (χ4n) is 2.24. The summed E-state index contributed by atoms with van der Waals surface area (Å²) >= 11 is 0. The molecule has 0 aliphatic carbocycles. The maximum Gasteiger partial charge on any atom is 0.433 e. The molecule has 0 unspecified atom stereocenters. The van der Waals surface area contributed by atoms with Crippen molar-refractivity contribution in [3.05, 3.63) is 63.5 Å². The van der Waals surface area contributed by atoms with Crippen LogP contribution in [0, 0.1) is 24.0 Å². The van der Waals surface area contributed by atoms with Gasteiger partial charge in [0.1, 0.15) is 4.92 Å². The lowest BCUT2D eigenvalue weighted by molar-refractivity contribution is -0.402. The molecular formula is C16H14N4O3. The summed E-state index contributed by atoms with van der Waals surface area (Å²) in [4.78, 5) is 14.5. The topological polar surface area (TPSA) is 93.6 Å². The number of fused-ring (bicyclic) bond motifs is 1. The highest BCUT2D eigenvalue weighted by molar-refractivity contribution is 5.92. The number of nitrogens with one attached hydrogen (secondary N) is 1. The van der Waals surface area contributed by atoms with Gasteiger partial charge in [0.25, 0.3) is 0 Å². The van der Waals surface area contributed by atoms with E-state index in [0.717, 1.165) is 27.8 Å². The summed E-state index contributed by atoms with van der Waals surface area (Å²) in [5.41, 5.74) is 6.62. The van der Waals surface area contributed by atoms with Crippen LogP contribution in [0.1, 0.15) is 17.0 Å². The van der Waals surface area contributed by atoms with Crippen LogP contribution in [0.2, 0.25) is 0 Å². The smallest absolute Gasteiger partial charge is 0.400 e. The van der Waals surface area contributed by atoms with Crippen molar-refractivity contribution in [1.82, 2.24) is 4.98 Å². The molecule has 3 rings (SSSR count). The van der Waals surface area contributed by atoms with Gasteiger partial charge in [0.05, 0.1) is 23.5 Å². The van der Waals surface area contributed by atoms with Crippen molar-refractivity contribution in [1.29, 1.82) is 0 Å². The van der Waals surface area contributed by atoms with Gasteiger partial charge in [0.2, 0.25) is 0 Å². The van der Waals surface area contributed by atoms with Crippen LogP contribution >= 0.6 is 0 Å². The number of hydrogen-bond acceptors (Lipinski definition) is 6. The normalized spacial score (nSPS) is 11.2. The van der Waals surface area contributed by atoms with E-state index < -0.39 is 4.92 Å². The van der Waals surface area contributed by atoms with Crippen LogP contribution in [-0.2, 0) is 0 Å². The predicted octanol–water partition coefficient (Wildman–Crippen LogP) is 3.80. The Labute approximate surface area is 131 Å². The number of aromatic nitrogens is 1. The van der Waals surface area contributed by atoms with Gasteiger partial charge in [-0.1, -0.05) is 11.6 Å². The van der Waals surface area contributed by atoms with Gasteiger partial charge >= 0.3 is 5.88 Å². The van der Waals surface area contributed by atoms with Gasteiger partial charge in [-0.3, -0.25) is 20.5 Å². The fourth-order valence-corrected chi connectivity index (χ4v) is 2.24. The third kappa shape index (κ3) is 3.18. The standard InChI is InChI=1S/C16H14N4O3/c1-10-3-5-14-13(7-10)15(8-11(2)18-14)19-17-9-12-4-6-16(23-12)20(21)22/h3-9H,1-2H3,(H,18,19)/b17-9+. The highest BCUT2D eigenvalue weighted by Crippen LogP contribution is 2.24. The average Bonchev–Trinajstić information content (AvgIpc) is 2.97. The first-order valence-corrected chi connectivity index (χ1v) is 6.94. The van der Waals surface area contributed by atoms with Gasteiger partial charge in [-0.2, -0.15) is 5.10 Å². The minimum Gasteiger partial charge on any atom is -0.400 e. The monoisotopic (exact) mass is 310 g/mol. The quantitative estimate of drug-likeness (QED) is 0.449. The molecule has 0 atom stereocenters. The van der Waals surface area contributed by atoms with Crippen LogP contribution in [0.3, 0.4) is 0 Å². The number of nitrogens with zero attached hydrogens (tertiary/aromatic N) is 3. The van der Waals surface area contributed by atoms with E-state index in [1.54, 1.807) is 0 Å². The Morgan fingerprint density at radius 3 is 2.83 bits per heavy atom. The van der Waals surface area contributed by atoms with E-state index in [4.69, 9.17) is 4.42 Å². The molecule has 2 aromatic heterocycles. The number of nitro groups is 1. The summed E-state index contributed by atoms with van der Waals surface area (Å²) in [6.07, 6.45) is 1.39. The Bertz CT molecular complexity index is 915. The van der Waals surface area contributed by atoms with E-state index in [-0.39, 0.29) is 5.88 Å². The summed E-state index contributed by atoms with van der Waals surface area (Å²) in [5.74, 6) is -0.0113. The van der Waals surface area contributed by atoms with Crippen molar-refractivity contribution in [2.24, 2.45) is 5.10 Å². The second kappa shape index (κ2) is 5.88. The molecule has 116 valence electrons. The van der Waals surface area contributed by atoms with Gasteiger partial charge in [-0.05, 0) is 38.1 Å². The van der Waals surface area contributed by atoms with E-state index >= 15 is 0 Å². The lowest BCUT2D eigenvalue weighted by Crippen LogP contribution is -1.95. The van der Waals surface area contributed by atoms with Crippen LogP contribution in [0.4, 0.5) is 11.6 Å². The van der Waals surface area contributed by atoms with Crippen molar-refractivity contribution in [2.45, 2.75) is 13.8 Å². The largest absolute Gasteiger partial charge is 0.433 e. The summed E-state index contributed by atoms with van der Waals surface area (Å²) in [5, 5.41) is 15.6. The van der Waals surface area contributed by atoms with Crippen molar-refractivity contribution in [2.75, 3.05) is 5.43 Å². The Morgan fingerprint density at radius 2 is 2.09 bits per heavy atom. The van der Waals surface area contributed by atoms with Crippen molar-refractivity contribution in [3.8, 4) is 0 Å². The minimum absolute atomic E-state index is 0.301. The Hall–Kier alpha value is -3.22. The van der Waals surface area contributed by atoms with Crippen LogP contribution in [0.5, 0.6) is 0 Å². The molecular weight excluding hydrogens is 296 g/mol. The Morgan fingerprint density at radius 1 is 1.26 bits per heavy atom. The molecule has 3 aromatic rings. The molecule has 0 aliphatic heterocycles. The van der Waals surface area contributed by atoms with Gasteiger partial charge in [-0.25, -0.2) is 0 Å². The van der Waals surface area contributed by atoms with E-state index in [9.17, 15) is 10.1 Å². The first-order valence-electron chi connectivity index (χ1n) is 6.94. The van der Waals surface area contributed by atoms with Gasteiger partial charge < -0.3 is 4.42 Å². The van der Waals surface area contributed by atoms with Crippen molar-refractivity contribution >= 4 is 28.7 Å². The van der Waals surface area contributed by atoms with Crippen molar-refractivity contribution in [3.63, 3.8) is 0 Å². The van der Waals surface area contributed by atoms with Crippen LogP contribution in [-0.4, -0.2) is 16.1 Å². The molecule has 0 amide bonds. The number of rotatable bonds is 4. The summed E-state index contributed by atoms with van der Waals surface area (Å²) < 4.78 is 5.01. The van der Waals surface area contributed by atoms with Crippen LogP contribution in [0.15, 0.2) is 45.9 Å². The van der Waals surface area contributed by atoms with Gasteiger partial charge in [0.15, 0.2) is 5.76 Å². The summed E-state index contributed by atoms with van der Waals surface area (Å²) in [6, 6.07) is 10.7. The number of anilines is 1. The number of hydrazone groups is 1. The minimum atomic E-state index is -0.590. The highest BCUT2D eigenvalue weighted by atomic mass is 16.6. The van der Waals surface area contributed by atoms with E-state index in [0.29, 0.717) is 5.76 Å². The zero-order valence-corrected chi connectivity index (χ0v) is 12.6. The molecule has 0 saturated heterocycles. The zero-order chi connectivity index (χ0) is 16.4. The predicted molar refractivity (Wildman–Crippen MR) is 87.8 cm³/mol. The molecule has 0 spiro atoms. The lowest BCUT2D eigenvalue weighted by Gasteiger charge is -2.07. The third-order valence-electron chi connectivity index (χ3n) is 3.26. The lowest BCUT2D eigenvalue weighted by atomic mass is 10.1. The second-order valence-corrected chi connectivity index (χ2v) is 5.13. The average molecular weight is 310 g/mol. The maximum absolute atomic E-state index is 10.6. The molecule has 2 heterocycles. The Kier molecular flexibility index (Phi) is 3.76. The SMILES string of the molecule is Cc1ccc2nc(C)cc(N/N=C/c3ccc([N+](=O)[O-])o3)c2c1. The van der Waals surface area contributed by atoms with Crippen LogP contribution in [0.25, 0.3) is 10.9 Å². The molecule has 23 heavy (non-hydrogen) atoms. The molecule has 7 nitrogen and oxygen atoms in total. The first kappa shape index (κ1) is 14.7. The van der Waals surface area contributed by atoms with E-state index in [1.807, 2.05) is 38.1 Å². The summed E-state index contributed by atoms with van der Waals surface area (Å²) in [6.45, 7) is 3.92. The molecule has 0 aliphatic rings. The highest BCUT2D eigenvalue weighted by Gasteiger charge is 2.10. The molecule has 0 fully saturated rings. The molecule has 0 bridgehead atoms. The molecule has 1 aromatic carbocycles.